The first-order valence-corrected chi connectivity index (χ1v) is 7.08. The fourth-order valence-electron chi connectivity index (χ4n) is 2.12. The molecule has 0 spiro atoms. The molecule has 5 heteroatoms. The van der Waals surface area contributed by atoms with Crippen molar-refractivity contribution in [1.29, 1.82) is 0 Å². The van der Waals surface area contributed by atoms with E-state index in [9.17, 15) is 4.79 Å². The van der Waals surface area contributed by atoms with E-state index in [2.05, 4.69) is 39.5 Å². The summed E-state index contributed by atoms with van der Waals surface area (Å²) in [4.78, 5) is 19.3. The standard InChI is InChI=1S/C12H17IN2O2/c1-3-5-8-9(13)10(16)15-11(14-8)12(2)6-4-7-17-12/h3-7H2,1-2H3,(H,14,15,16). The third-order valence-corrected chi connectivity index (χ3v) is 4.25. The molecule has 1 aliphatic rings. The molecule has 1 aliphatic heterocycles. The number of hydrogen-bond donors (Lipinski definition) is 1. The SMILES string of the molecule is CCCc1nc(C2(C)CCCO2)[nH]c(=O)c1I. The van der Waals surface area contributed by atoms with Crippen molar-refractivity contribution >= 4 is 22.6 Å². The molecular formula is C12H17IN2O2. The zero-order chi connectivity index (χ0) is 12.5. The molecule has 2 rings (SSSR count). The van der Waals surface area contributed by atoms with E-state index in [-0.39, 0.29) is 5.56 Å². The van der Waals surface area contributed by atoms with Crippen LogP contribution in [0.15, 0.2) is 4.79 Å². The van der Waals surface area contributed by atoms with Crippen LogP contribution >= 0.6 is 22.6 Å². The van der Waals surface area contributed by atoms with Crippen LogP contribution < -0.4 is 5.56 Å². The van der Waals surface area contributed by atoms with Crippen molar-refractivity contribution in [3.05, 3.63) is 25.4 Å². The summed E-state index contributed by atoms with van der Waals surface area (Å²) in [6, 6.07) is 0. The largest absolute Gasteiger partial charge is 0.367 e. The van der Waals surface area contributed by atoms with Crippen LogP contribution in [0.1, 0.15) is 44.6 Å². The molecule has 1 fully saturated rings. The van der Waals surface area contributed by atoms with Gasteiger partial charge < -0.3 is 9.72 Å². The van der Waals surface area contributed by atoms with E-state index in [1.54, 1.807) is 0 Å². The average Bonchev–Trinajstić information content (AvgIpc) is 2.73. The predicted molar refractivity (Wildman–Crippen MR) is 74.1 cm³/mol. The number of nitrogens with one attached hydrogen (secondary N) is 1. The highest BCUT2D eigenvalue weighted by atomic mass is 127. The number of rotatable bonds is 3. The highest BCUT2D eigenvalue weighted by Crippen LogP contribution is 2.33. The maximum atomic E-state index is 11.9. The Kier molecular flexibility index (Phi) is 3.87. The maximum absolute atomic E-state index is 11.9. The number of aromatic amines is 1. The van der Waals surface area contributed by atoms with Crippen molar-refractivity contribution in [2.45, 2.75) is 45.1 Å². The molecule has 0 amide bonds. The Balaban J connectivity index is 2.45. The van der Waals surface area contributed by atoms with Crippen molar-refractivity contribution in [3.8, 4) is 0 Å². The molecule has 94 valence electrons. The maximum Gasteiger partial charge on any atom is 0.264 e. The average molecular weight is 348 g/mol. The summed E-state index contributed by atoms with van der Waals surface area (Å²) in [5, 5.41) is 0. The number of ether oxygens (including phenoxy) is 1. The van der Waals surface area contributed by atoms with Crippen molar-refractivity contribution < 1.29 is 4.74 Å². The van der Waals surface area contributed by atoms with Crippen LogP contribution in [0.5, 0.6) is 0 Å². The van der Waals surface area contributed by atoms with Gasteiger partial charge in [-0.25, -0.2) is 4.98 Å². The Bertz CT molecular complexity index is 464. The van der Waals surface area contributed by atoms with Crippen LogP contribution in [0, 0.1) is 3.57 Å². The molecule has 0 aromatic carbocycles. The monoisotopic (exact) mass is 348 g/mol. The molecule has 0 bridgehead atoms. The quantitative estimate of drug-likeness (QED) is 0.854. The molecule has 0 aliphatic carbocycles. The van der Waals surface area contributed by atoms with Crippen LogP contribution in [-0.4, -0.2) is 16.6 Å². The van der Waals surface area contributed by atoms with Crippen molar-refractivity contribution in [2.75, 3.05) is 6.61 Å². The summed E-state index contributed by atoms with van der Waals surface area (Å²) in [6.45, 7) is 4.84. The van der Waals surface area contributed by atoms with Crippen LogP contribution in [0.2, 0.25) is 0 Å². The van der Waals surface area contributed by atoms with Crippen molar-refractivity contribution in [1.82, 2.24) is 9.97 Å². The summed E-state index contributed by atoms with van der Waals surface area (Å²) in [5.41, 5.74) is 0.436. The van der Waals surface area contributed by atoms with E-state index in [0.29, 0.717) is 9.39 Å². The lowest BCUT2D eigenvalue weighted by Crippen LogP contribution is -2.29. The molecule has 0 saturated carbocycles. The van der Waals surface area contributed by atoms with E-state index in [1.807, 2.05) is 6.92 Å². The second kappa shape index (κ2) is 5.06. The molecule has 4 nitrogen and oxygen atoms in total. The first-order valence-electron chi connectivity index (χ1n) is 6.00. The van der Waals surface area contributed by atoms with Gasteiger partial charge in [0.15, 0.2) is 0 Å². The van der Waals surface area contributed by atoms with Gasteiger partial charge in [0.25, 0.3) is 5.56 Å². The highest BCUT2D eigenvalue weighted by molar-refractivity contribution is 14.1. The molecular weight excluding hydrogens is 331 g/mol. The molecule has 1 aromatic rings. The molecule has 1 saturated heterocycles. The number of nitrogens with zero attached hydrogens (tertiary/aromatic N) is 1. The Labute approximate surface area is 114 Å². The Morgan fingerprint density at radius 2 is 2.35 bits per heavy atom. The fraction of sp³-hybridized carbons (Fsp3) is 0.667. The van der Waals surface area contributed by atoms with Crippen LogP contribution in [0.4, 0.5) is 0 Å². The third kappa shape index (κ3) is 2.54. The van der Waals surface area contributed by atoms with Gasteiger partial charge >= 0.3 is 0 Å². The van der Waals surface area contributed by atoms with E-state index in [1.165, 1.54) is 0 Å². The molecule has 1 atom stereocenters. The third-order valence-electron chi connectivity index (χ3n) is 3.14. The van der Waals surface area contributed by atoms with Gasteiger partial charge in [0.2, 0.25) is 0 Å². The second-order valence-electron chi connectivity index (χ2n) is 4.61. The predicted octanol–water partition coefficient (Wildman–Crippen LogP) is 2.35. The van der Waals surface area contributed by atoms with Gasteiger partial charge in [-0.15, -0.1) is 0 Å². The Hall–Kier alpha value is -0.430. The summed E-state index contributed by atoms with van der Waals surface area (Å²) < 4.78 is 6.42. The number of aryl methyl sites for hydroxylation is 1. The van der Waals surface area contributed by atoms with Gasteiger partial charge in [0.05, 0.1) is 9.26 Å². The molecule has 1 N–H and O–H groups in total. The van der Waals surface area contributed by atoms with E-state index in [4.69, 9.17) is 4.74 Å². The zero-order valence-electron chi connectivity index (χ0n) is 10.2. The lowest BCUT2D eigenvalue weighted by atomic mass is 10.0. The molecule has 1 aromatic heterocycles. The first kappa shape index (κ1) is 13.0. The fourth-order valence-corrected chi connectivity index (χ4v) is 2.65. The summed E-state index contributed by atoms with van der Waals surface area (Å²) in [5.74, 6) is 0.684. The zero-order valence-corrected chi connectivity index (χ0v) is 12.3. The molecule has 0 radical (unpaired) electrons. The van der Waals surface area contributed by atoms with Crippen LogP contribution in [0.3, 0.4) is 0 Å². The number of halogens is 1. The normalized spacial score (nSPS) is 24.2. The first-order chi connectivity index (χ1) is 8.07. The van der Waals surface area contributed by atoms with Gasteiger partial charge in [-0.2, -0.15) is 0 Å². The van der Waals surface area contributed by atoms with E-state index < -0.39 is 5.60 Å². The highest BCUT2D eigenvalue weighted by Gasteiger charge is 2.34. The topological polar surface area (TPSA) is 55.0 Å². The number of hydrogen-bond acceptors (Lipinski definition) is 3. The van der Waals surface area contributed by atoms with Crippen molar-refractivity contribution in [3.63, 3.8) is 0 Å². The van der Waals surface area contributed by atoms with Crippen LogP contribution in [0.25, 0.3) is 0 Å². The molecule has 17 heavy (non-hydrogen) atoms. The minimum absolute atomic E-state index is 0.0456. The minimum Gasteiger partial charge on any atom is -0.367 e. The summed E-state index contributed by atoms with van der Waals surface area (Å²) in [7, 11) is 0. The van der Waals surface area contributed by atoms with E-state index >= 15 is 0 Å². The van der Waals surface area contributed by atoms with Gasteiger partial charge in [0, 0.05) is 6.61 Å². The number of H-pyrrole nitrogens is 1. The van der Waals surface area contributed by atoms with Crippen LogP contribution in [-0.2, 0) is 16.8 Å². The van der Waals surface area contributed by atoms with Crippen molar-refractivity contribution in [2.24, 2.45) is 0 Å². The second-order valence-corrected chi connectivity index (χ2v) is 5.69. The minimum atomic E-state index is -0.411. The van der Waals surface area contributed by atoms with E-state index in [0.717, 1.165) is 38.0 Å². The summed E-state index contributed by atoms with van der Waals surface area (Å²) in [6.07, 6.45) is 3.77. The Morgan fingerprint density at radius 1 is 1.59 bits per heavy atom. The summed E-state index contributed by atoms with van der Waals surface area (Å²) >= 11 is 2.07. The van der Waals surface area contributed by atoms with Gasteiger partial charge in [-0.3, -0.25) is 4.79 Å². The molecule has 1 unspecified atom stereocenters. The Morgan fingerprint density at radius 3 is 2.94 bits per heavy atom. The molecule has 2 heterocycles. The van der Waals surface area contributed by atoms with Gasteiger partial charge in [0.1, 0.15) is 11.4 Å². The van der Waals surface area contributed by atoms with Gasteiger partial charge in [-0.1, -0.05) is 13.3 Å². The number of aromatic nitrogens is 2. The van der Waals surface area contributed by atoms with Gasteiger partial charge in [-0.05, 0) is 48.8 Å². The lowest BCUT2D eigenvalue weighted by Gasteiger charge is -2.22. The smallest absolute Gasteiger partial charge is 0.264 e. The lowest BCUT2D eigenvalue weighted by molar-refractivity contribution is 0.00890.